The molecule has 0 fully saturated rings. The molecule has 0 aliphatic heterocycles. The molecule has 0 radical (unpaired) electrons. The number of nitrogens with two attached hydrogens (primary N) is 1. The molecule has 0 spiro atoms. The molecule has 1 unspecified atom stereocenters. The van der Waals surface area contributed by atoms with Crippen LogP contribution >= 0.6 is 0 Å². The summed E-state index contributed by atoms with van der Waals surface area (Å²) in [4.78, 5) is 21.3. The summed E-state index contributed by atoms with van der Waals surface area (Å²) in [6.07, 6.45) is 1.49. The fourth-order valence-electron chi connectivity index (χ4n) is 0.681. The van der Waals surface area contributed by atoms with Crippen LogP contribution in [0.2, 0.25) is 0 Å². The SMILES string of the molecule is CC[C@@H](C=O)NCC(=O)C(C)N. The molecule has 3 N–H and O–H groups in total. The van der Waals surface area contributed by atoms with Crippen LogP contribution in [0.3, 0.4) is 0 Å². The van der Waals surface area contributed by atoms with Crippen molar-refractivity contribution in [3.63, 3.8) is 0 Å². The lowest BCUT2D eigenvalue weighted by Crippen LogP contribution is -2.40. The predicted octanol–water partition coefficient (Wildman–Crippen LogP) is -0.530. The van der Waals surface area contributed by atoms with Crippen molar-refractivity contribution >= 4 is 12.1 Å². The smallest absolute Gasteiger partial charge is 0.162 e. The van der Waals surface area contributed by atoms with Crippen molar-refractivity contribution in [2.75, 3.05) is 6.54 Å². The molecule has 0 heterocycles. The molecule has 0 amide bonds. The maximum atomic E-state index is 11.0. The maximum Gasteiger partial charge on any atom is 0.162 e. The normalized spacial score (nSPS) is 15.2. The fraction of sp³-hybridized carbons (Fsp3) is 0.750. The number of Topliss-reactive ketones (excluding diaryl/α,β-unsaturated/α-hetero) is 1. The Morgan fingerprint density at radius 2 is 2.25 bits per heavy atom. The van der Waals surface area contributed by atoms with Gasteiger partial charge in [-0.2, -0.15) is 0 Å². The highest BCUT2D eigenvalue weighted by Crippen LogP contribution is 1.86. The van der Waals surface area contributed by atoms with Gasteiger partial charge in [0, 0.05) is 0 Å². The van der Waals surface area contributed by atoms with E-state index in [1.807, 2.05) is 6.92 Å². The van der Waals surface area contributed by atoms with E-state index in [4.69, 9.17) is 5.73 Å². The van der Waals surface area contributed by atoms with Gasteiger partial charge in [0.25, 0.3) is 0 Å². The number of aldehydes is 1. The summed E-state index contributed by atoms with van der Waals surface area (Å²) in [7, 11) is 0. The molecule has 0 aromatic carbocycles. The largest absolute Gasteiger partial charge is 0.322 e. The van der Waals surface area contributed by atoms with Crippen molar-refractivity contribution in [2.45, 2.75) is 32.4 Å². The Labute approximate surface area is 72.5 Å². The average Bonchev–Trinajstić information content (AvgIpc) is 2.05. The molecule has 4 heteroatoms. The maximum absolute atomic E-state index is 11.0. The zero-order valence-corrected chi connectivity index (χ0v) is 7.54. The van der Waals surface area contributed by atoms with Gasteiger partial charge in [-0.3, -0.25) is 4.79 Å². The van der Waals surface area contributed by atoms with Crippen LogP contribution in [0.25, 0.3) is 0 Å². The molecule has 0 aromatic heterocycles. The first kappa shape index (κ1) is 11.3. The lowest BCUT2D eigenvalue weighted by Gasteiger charge is -2.10. The molecule has 0 aromatic rings. The van der Waals surface area contributed by atoms with Crippen molar-refractivity contribution < 1.29 is 9.59 Å². The van der Waals surface area contributed by atoms with Crippen LogP contribution in [-0.2, 0) is 9.59 Å². The van der Waals surface area contributed by atoms with Crippen LogP contribution in [0.1, 0.15) is 20.3 Å². The lowest BCUT2D eigenvalue weighted by atomic mass is 10.2. The van der Waals surface area contributed by atoms with Gasteiger partial charge in [0.1, 0.15) is 6.29 Å². The second-order valence-corrected chi connectivity index (χ2v) is 2.79. The van der Waals surface area contributed by atoms with Gasteiger partial charge >= 0.3 is 0 Å². The van der Waals surface area contributed by atoms with E-state index in [0.717, 1.165) is 6.29 Å². The number of carbonyl (C=O) groups excluding carboxylic acids is 2. The molecule has 0 aliphatic rings. The van der Waals surface area contributed by atoms with Crippen LogP contribution in [0.5, 0.6) is 0 Å². The second-order valence-electron chi connectivity index (χ2n) is 2.79. The first-order chi connectivity index (χ1) is 5.61. The molecular formula is C8H16N2O2. The Balaban J connectivity index is 3.66. The number of hydrogen-bond donors (Lipinski definition) is 2. The van der Waals surface area contributed by atoms with Gasteiger partial charge in [0.05, 0.1) is 18.6 Å². The molecular weight excluding hydrogens is 156 g/mol. The first-order valence-electron chi connectivity index (χ1n) is 4.08. The van der Waals surface area contributed by atoms with Crippen molar-refractivity contribution in [2.24, 2.45) is 5.73 Å². The Kier molecular flexibility index (Phi) is 5.49. The van der Waals surface area contributed by atoms with E-state index in [1.54, 1.807) is 6.92 Å². The Hall–Kier alpha value is -0.740. The Morgan fingerprint density at radius 1 is 1.67 bits per heavy atom. The van der Waals surface area contributed by atoms with Gasteiger partial charge in [-0.1, -0.05) is 6.92 Å². The van der Waals surface area contributed by atoms with Crippen LogP contribution < -0.4 is 11.1 Å². The summed E-state index contributed by atoms with van der Waals surface area (Å²) in [6.45, 7) is 3.68. The molecule has 0 saturated carbocycles. The fourth-order valence-corrected chi connectivity index (χ4v) is 0.681. The molecule has 0 bridgehead atoms. The van der Waals surface area contributed by atoms with Crippen LogP contribution in [-0.4, -0.2) is 30.7 Å². The van der Waals surface area contributed by atoms with Crippen LogP contribution in [0.4, 0.5) is 0 Å². The summed E-state index contributed by atoms with van der Waals surface area (Å²) in [5.41, 5.74) is 5.33. The van der Waals surface area contributed by atoms with E-state index in [1.165, 1.54) is 0 Å². The summed E-state index contributed by atoms with van der Waals surface area (Å²) < 4.78 is 0. The molecule has 12 heavy (non-hydrogen) atoms. The summed E-state index contributed by atoms with van der Waals surface area (Å²) in [5, 5.41) is 2.80. The third-order valence-electron chi connectivity index (χ3n) is 1.65. The Bertz CT molecular complexity index is 157. The second kappa shape index (κ2) is 5.85. The number of nitrogens with one attached hydrogen (secondary N) is 1. The van der Waals surface area contributed by atoms with Crippen molar-refractivity contribution in [1.82, 2.24) is 5.32 Å². The summed E-state index contributed by atoms with van der Waals surface area (Å²) in [5.74, 6) is -0.0738. The Morgan fingerprint density at radius 3 is 2.58 bits per heavy atom. The van der Waals surface area contributed by atoms with Gasteiger partial charge in [-0.15, -0.1) is 0 Å². The quantitative estimate of drug-likeness (QED) is 0.528. The molecule has 0 aliphatic carbocycles. The van der Waals surface area contributed by atoms with Crippen molar-refractivity contribution in [3.05, 3.63) is 0 Å². The number of hydrogen-bond acceptors (Lipinski definition) is 4. The van der Waals surface area contributed by atoms with Gasteiger partial charge in [0.15, 0.2) is 5.78 Å². The van der Waals surface area contributed by atoms with Gasteiger partial charge < -0.3 is 15.8 Å². The van der Waals surface area contributed by atoms with E-state index in [0.29, 0.717) is 6.42 Å². The predicted molar refractivity (Wildman–Crippen MR) is 46.8 cm³/mol. The third kappa shape index (κ3) is 4.20. The van der Waals surface area contributed by atoms with Gasteiger partial charge in [-0.25, -0.2) is 0 Å². The highest BCUT2D eigenvalue weighted by Gasteiger charge is 2.09. The molecule has 0 saturated heterocycles. The number of ketones is 1. The van der Waals surface area contributed by atoms with Crippen LogP contribution in [0, 0.1) is 0 Å². The minimum atomic E-state index is -0.457. The zero-order chi connectivity index (χ0) is 9.56. The standard InChI is InChI=1S/C8H16N2O2/c1-3-7(5-11)10-4-8(12)6(2)9/h5-7,10H,3-4,9H2,1-2H3/t6?,7-/m0/s1. The molecule has 0 rings (SSSR count). The minimum absolute atomic E-state index is 0.0738. The summed E-state index contributed by atoms with van der Waals surface area (Å²) in [6, 6.07) is -0.686. The molecule has 70 valence electrons. The third-order valence-corrected chi connectivity index (χ3v) is 1.65. The van der Waals surface area contributed by atoms with E-state index in [-0.39, 0.29) is 18.4 Å². The number of carbonyl (C=O) groups is 2. The molecule has 2 atom stereocenters. The topological polar surface area (TPSA) is 72.2 Å². The average molecular weight is 172 g/mol. The lowest BCUT2D eigenvalue weighted by molar-refractivity contribution is -0.119. The van der Waals surface area contributed by atoms with Crippen LogP contribution in [0.15, 0.2) is 0 Å². The number of rotatable bonds is 6. The van der Waals surface area contributed by atoms with E-state index >= 15 is 0 Å². The van der Waals surface area contributed by atoms with E-state index in [9.17, 15) is 9.59 Å². The summed E-state index contributed by atoms with van der Waals surface area (Å²) >= 11 is 0. The van der Waals surface area contributed by atoms with Crippen molar-refractivity contribution in [3.8, 4) is 0 Å². The van der Waals surface area contributed by atoms with Gasteiger partial charge in [0.2, 0.25) is 0 Å². The first-order valence-corrected chi connectivity index (χ1v) is 4.08. The zero-order valence-electron chi connectivity index (χ0n) is 7.54. The van der Waals surface area contributed by atoms with E-state index in [2.05, 4.69) is 5.32 Å². The highest BCUT2D eigenvalue weighted by molar-refractivity contribution is 5.85. The monoisotopic (exact) mass is 172 g/mol. The van der Waals surface area contributed by atoms with Crippen molar-refractivity contribution in [1.29, 1.82) is 0 Å². The molecule has 4 nitrogen and oxygen atoms in total. The van der Waals surface area contributed by atoms with Gasteiger partial charge in [-0.05, 0) is 13.3 Å². The minimum Gasteiger partial charge on any atom is -0.322 e. The van der Waals surface area contributed by atoms with E-state index < -0.39 is 6.04 Å². The highest BCUT2D eigenvalue weighted by atomic mass is 16.1.